The molecule has 92 valence electrons. The standard InChI is InChI=1S/C13H19N3O/c1-4-9(3)16-12(17)15-11(14)13(16)7-6-10(5-2)8-13/h1,9-10H,5-8H2,2-3H3,(H2,14,15,17). The minimum Gasteiger partial charge on any atom is -0.385 e. The average Bonchev–Trinajstić information content (AvgIpc) is 2.83. The largest absolute Gasteiger partial charge is 0.385 e. The Balaban J connectivity index is 2.34. The molecule has 1 fully saturated rings. The lowest BCUT2D eigenvalue weighted by Crippen LogP contribution is -2.55. The zero-order valence-corrected chi connectivity index (χ0v) is 10.4. The molecule has 0 bridgehead atoms. The molecule has 17 heavy (non-hydrogen) atoms. The molecule has 1 heterocycles. The van der Waals surface area contributed by atoms with E-state index < -0.39 is 5.54 Å². The molecule has 2 rings (SSSR count). The zero-order valence-electron chi connectivity index (χ0n) is 10.4. The molecule has 0 aromatic carbocycles. The molecule has 2 N–H and O–H groups in total. The molecule has 0 aromatic heterocycles. The van der Waals surface area contributed by atoms with Crippen molar-refractivity contribution < 1.29 is 4.79 Å². The van der Waals surface area contributed by atoms with Gasteiger partial charge in [0, 0.05) is 0 Å². The number of rotatable bonds is 2. The number of amides is 2. The lowest BCUT2D eigenvalue weighted by Gasteiger charge is -2.37. The number of carbonyl (C=O) groups is 1. The molecule has 1 spiro atoms. The first-order valence-electron chi connectivity index (χ1n) is 6.19. The van der Waals surface area contributed by atoms with E-state index >= 15 is 0 Å². The zero-order chi connectivity index (χ0) is 12.6. The number of urea groups is 1. The fourth-order valence-electron chi connectivity index (χ4n) is 3.10. The van der Waals surface area contributed by atoms with Crippen molar-refractivity contribution >= 4 is 11.9 Å². The number of hydrogen-bond donors (Lipinski definition) is 1. The van der Waals surface area contributed by atoms with E-state index in [2.05, 4.69) is 17.8 Å². The van der Waals surface area contributed by atoms with Crippen LogP contribution in [0.3, 0.4) is 0 Å². The molecular weight excluding hydrogens is 214 g/mol. The summed E-state index contributed by atoms with van der Waals surface area (Å²) in [5, 5.41) is 0. The Morgan fingerprint density at radius 1 is 1.76 bits per heavy atom. The molecule has 3 atom stereocenters. The summed E-state index contributed by atoms with van der Waals surface area (Å²) in [6, 6.07) is -0.521. The second-order valence-electron chi connectivity index (χ2n) is 5.04. The van der Waals surface area contributed by atoms with Crippen molar-refractivity contribution in [2.45, 2.75) is 51.1 Å². The van der Waals surface area contributed by atoms with Crippen molar-refractivity contribution in [1.82, 2.24) is 4.90 Å². The van der Waals surface area contributed by atoms with Crippen LogP contribution >= 0.6 is 0 Å². The second kappa shape index (κ2) is 4.06. The van der Waals surface area contributed by atoms with Crippen LogP contribution in [0.1, 0.15) is 39.5 Å². The normalized spacial score (nSPS) is 33.9. The van der Waals surface area contributed by atoms with Crippen LogP contribution in [-0.4, -0.2) is 28.3 Å². The number of nitrogens with zero attached hydrogens (tertiary/aromatic N) is 2. The van der Waals surface area contributed by atoms with E-state index in [1.54, 1.807) is 4.90 Å². The van der Waals surface area contributed by atoms with Crippen LogP contribution in [0.2, 0.25) is 0 Å². The van der Waals surface area contributed by atoms with Crippen molar-refractivity contribution in [1.29, 1.82) is 0 Å². The highest BCUT2D eigenvalue weighted by atomic mass is 16.2. The highest BCUT2D eigenvalue weighted by molar-refractivity contribution is 6.06. The van der Waals surface area contributed by atoms with Gasteiger partial charge in [-0.1, -0.05) is 19.3 Å². The van der Waals surface area contributed by atoms with Gasteiger partial charge in [0.1, 0.15) is 11.4 Å². The number of nitrogens with two attached hydrogens (primary N) is 1. The molecule has 3 unspecified atom stereocenters. The number of aliphatic imine (C=N–C) groups is 1. The molecule has 2 aliphatic rings. The summed E-state index contributed by atoms with van der Waals surface area (Å²) in [5.41, 5.74) is 5.58. The van der Waals surface area contributed by atoms with E-state index in [1.165, 1.54) is 0 Å². The summed E-state index contributed by atoms with van der Waals surface area (Å²) in [5.74, 6) is 3.69. The maximum atomic E-state index is 11.9. The summed E-state index contributed by atoms with van der Waals surface area (Å²) < 4.78 is 0. The van der Waals surface area contributed by atoms with Gasteiger partial charge in [0.2, 0.25) is 0 Å². The van der Waals surface area contributed by atoms with E-state index in [-0.39, 0.29) is 12.1 Å². The monoisotopic (exact) mass is 233 g/mol. The van der Waals surface area contributed by atoms with Gasteiger partial charge in [-0.3, -0.25) is 4.90 Å². The van der Waals surface area contributed by atoms with Crippen LogP contribution in [0.5, 0.6) is 0 Å². The summed E-state index contributed by atoms with van der Waals surface area (Å²) in [7, 11) is 0. The maximum Gasteiger partial charge on any atom is 0.347 e. The highest BCUT2D eigenvalue weighted by Crippen LogP contribution is 2.44. The van der Waals surface area contributed by atoms with Gasteiger partial charge in [0.15, 0.2) is 0 Å². The number of terminal acetylenes is 1. The van der Waals surface area contributed by atoms with E-state index in [0.717, 1.165) is 25.7 Å². The van der Waals surface area contributed by atoms with Crippen molar-refractivity contribution in [2.75, 3.05) is 0 Å². The average molecular weight is 233 g/mol. The molecule has 4 heteroatoms. The van der Waals surface area contributed by atoms with E-state index in [0.29, 0.717) is 11.8 Å². The third-order valence-electron chi connectivity index (χ3n) is 4.16. The van der Waals surface area contributed by atoms with Gasteiger partial charge in [-0.25, -0.2) is 4.79 Å². The lowest BCUT2D eigenvalue weighted by atomic mass is 9.91. The molecule has 2 amide bonds. The van der Waals surface area contributed by atoms with Crippen molar-refractivity contribution in [3.8, 4) is 12.3 Å². The first kappa shape index (κ1) is 12.0. The van der Waals surface area contributed by atoms with Crippen molar-refractivity contribution in [3.63, 3.8) is 0 Å². The Morgan fingerprint density at radius 2 is 2.47 bits per heavy atom. The van der Waals surface area contributed by atoms with Gasteiger partial charge < -0.3 is 5.73 Å². The van der Waals surface area contributed by atoms with Gasteiger partial charge in [-0.05, 0) is 32.1 Å². The molecule has 4 nitrogen and oxygen atoms in total. The molecular formula is C13H19N3O. The van der Waals surface area contributed by atoms with Crippen LogP contribution in [0.15, 0.2) is 4.99 Å². The Morgan fingerprint density at radius 3 is 3.00 bits per heavy atom. The topological polar surface area (TPSA) is 58.7 Å². The summed E-state index contributed by atoms with van der Waals surface area (Å²) in [4.78, 5) is 17.5. The van der Waals surface area contributed by atoms with Gasteiger partial charge in [0.25, 0.3) is 0 Å². The maximum absolute atomic E-state index is 11.9. The molecule has 1 aliphatic carbocycles. The Labute approximate surface area is 102 Å². The lowest BCUT2D eigenvalue weighted by molar-refractivity contribution is 0.158. The third kappa shape index (κ3) is 1.61. The minimum absolute atomic E-state index is 0.247. The quantitative estimate of drug-likeness (QED) is 0.739. The number of hydrogen-bond acceptors (Lipinski definition) is 2. The van der Waals surface area contributed by atoms with Crippen LogP contribution in [0, 0.1) is 18.3 Å². The summed E-state index contributed by atoms with van der Waals surface area (Å²) in [6.07, 6.45) is 9.43. The molecule has 0 aromatic rings. The Bertz CT molecular complexity index is 409. The van der Waals surface area contributed by atoms with E-state index in [9.17, 15) is 4.79 Å². The smallest absolute Gasteiger partial charge is 0.347 e. The molecule has 0 saturated heterocycles. The first-order chi connectivity index (χ1) is 8.05. The molecule has 1 saturated carbocycles. The molecule has 1 aliphatic heterocycles. The predicted octanol–water partition coefficient (Wildman–Crippen LogP) is 1.75. The number of carbonyl (C=O) groups excluding carboxylic acids is 1. The Kier molecular flexibility index (Phi) is 2.86. The fourth-order valence-corrected chi connectivity index (χ4v) is 3.10. The highest BCUT2D eigenvalue weighted by Gasteiger charge is 2.53. The van der Waals surface area contributed by atoms with Crippen LogP contribution in [0.25, 0.3) is 0 Å². The minimum atomic E-state index is -0.399. The fraction of sp³-hybridized carbons (Fsp3) is 0.692. The second-order valence-corrected chi connectivity index (χ2v) is 5.04. The van der Waals surface area contributed by atoms with Crippen molar-refractivity contribution in [2.24, 2.45) is 16.6 Å². The SMILES string of the molecule is C#CC(C)N1C(=O)N=C(N)C12CCC(CC)C2. The summed E-state index contributed by atoms with van der Waals surface area (Å²) in [6.45, 7) is 4.02. The number of amidine groups is 1. The summed E-state index contributed by atoms with van der Waals surface area (Å²) >= 11 is 0. The third-order valence-corrected chi connectivity index (χ3v) is 4.16. The van der Waals surface area contributed by atoms with Gasteiger partial charge in [-0.15, -0.1) is 6.42 Å². The van der Waals surface area contributed by atoms with Gasteiger partial charge in [0.05, 0.1) is 6.04 Å². The van der Waals surface area contributed by atoms with Crippen LogP contribution in [0.4, 0.5) is 4.79 Å². The predicted molar refractivity (Wildman–Crippen MR) is 67.5 cm³/mol. The van der Waals surface area contributed by atoms with Crippen LogP contribution in [-0.2, 0) is 0 Å². The van der Waals surface area contributed by atoms with E-state index in [1.807, 2.05) is 6.92 Å². The van der Waals surface area contributed by atoms with Gasteiger partial charge in [-0.2, -0.15) is 4.99 Å². The molecule has 0 radical (unpaired) electrons. The van der Waals surface area contributed by atoms with Gasteiger partial charge >= 0.3 is 6.03 Å². The van der Waals surface area contributed by atoms with Crippen LogP contribution < -0.4 is 5.73 Å². The first-order valence-corrected chi connectivity index (χ1v) is 6.19. The van der Waals surface area contributed by atoms with Crippen molar-refractivity contribution in [3.05, 3.63) is 0 Å². The van der Waals surface area contributed by atoms with E-state index in [4.69, 9.17) is 12.2 Å². The Hall–Kier alpha value is -1.50.